The molecule has 24 heavy (non-hydrogen) atoms. The van der Waals surface area contributed by atoms with E-state index in [0.29, 0.717) is 32.1 Å². The first-order valence-corrected chi connectivity index (χ1v) is 9.78. The van der Waals surface area contributed by atoms with Crippen molar-refractivity contribution in [1.82, 2.24) is 0 Å². The van der Waals surface area contributed by atoms with Crippen molar-refractivity contribution in [2.45, 2.75) is 115 Å². The summed E-state index contributed by atoms with van der Waals surface area (Å²) in [6, 6.07) is 0. The van der Waals surface area contributed by atoms with Crippen LogP contribution in [-0.4, -0.2) is 45.7 Å². The van der Waals surface area contributed by atoms with Gasteiger partial charge >= 0.3 is 5.97 Å². The van der Waals surface area contributed by atoms with Crippen molar-refractivity contribution >= 4 is 5.97 Å². The zero-order valence-corrected chi connectivity index (χ0v) is 15.2. The summed E-state index contributed by atoms with van der Waals surface area (Å²) in [5.41, 5.74) is 0. The minimum absolute atomic E-state index is 0.269. The lowest BCUT2D eigenvalue weighted by atomic mass is 9.98. The number of ether oxygens (including phenoxy) is 1. The van der Waals surface area contributed by atoms with Gasteiger partial charge in [0.1, 0.15) is 6.10 Å². The van der Waals surface area contributed by atoms with Gasteiger partial charge < -0.3 is 20.1 Å². The van der Waals surface area contributed by atoms with Crippen LogP contribution in [0.1, 0.15) is 90.4 Å². The van der Waals surface area contributed by atoms with Crippen molar-refractivity contribution in [3.05, 3.63) is 0 Å². The van der Waals surface area contributed by atoms with E-state index in [1.807, 2.05) is 0 Å². The number of unbranched alkanes of at least 4 members (excludes halogenated alkanes) is 7. The fraction of sp³-hybridized carbons (Fsp3) is 0.947. The van der Waals surface area contributed by atoms with Crippen molar-refractivity contribution in [2.24, 2.45) is 0 Å². The number of rotatable bonds is 14. The molecule has 0 aromatic heterocycles. The van der Waals surface area contributed by atoms with Crippen LogP contribution in [0.15, 0.2) is 0 Å². The van der Waals surface area contributed by atoms with Crippen LogP contribution in [0.4, 0.5) is 0 Å². The van der Waals surface area contributed by atoms with Crippen LogP contribution < -0.4 is 0 Å². The zero-order valence-electron chi connectivity index (χ0n) is 15.2. The third-order valence-corrected chi connectivity index (χ3v) is 4.90. The average Bonchev–Trinajstić information content (AvgIpc) is 3.01. The van der Waals surface area contributed by atoms with E-state index >= 15 is 0 Å². The second-order valence-electron chi connectivity index (χ2n) is 7.11. The molecule has 1 fully saturated rings. The molecule has 0 bridgehead atoms. The second-order valence-corrected chi connectivity index (χ2v) is 7.11. The van der Waals surface area contributed by atoms with Crippen LogP contribution in [0.3, 0.4) is 0 Å². The Labute approximate surface area is 146 Å². The second kappa shape index (κ2) is 12.7. The van der Waals surface area contributed by atoms with Crippen LogP contribution in [-0.2, 0) is 9.53 Å². The Morgan fingerprint density at radius 1 is 0.917 bits per heavy atom. The molecule has 0 aliphatic carbocycles. The zero-order chi connectivity index (χ0) is 17.8. The number of aliphatic hydroxyl groups excluding tert-OH is 3. The van der Waals surface area contributed by atoms with E-state index in [1.54, 1.807) is 0 Å². The minimum Gasteiger partial charge on any atom is -0.460 e. The molecule has 0 amide bonds. The average molecular weight is 344 g/mol. The Balaban J connectivity index is 2.01. The fourth-order valence-corrected chi connectivity index (χ4v) is 3.22. The smallest absolute Gasteiger partial charge is 0.306 e. The summed E-state index contributed by atoms with van der Waals surface area (Å²) in [6.45, 7) is 2.21. The lowest BCUT2D eigenvalue weighted by molar-refractivity contribution is -0.145. The SMILES string of the molecule is CCCCCCCCCCC(O)[C@H](O)CC[C@@H](O)[C@H]1CCC(=O)O1. The summed E-state index contributed by atoms with van der Waals surface area (Å²) in [7, 11) is 0. The number of esters is 1. The number of hydrogen-bond donors (Lipinski definition) is 3. The van der Waals surface area contributed by atoms with Crippen LogP contribution in [0.5, 0.6) is 0 Å². The van der Waals surface area contributed by atoms with E-state index in [2.05, 4.69) is 6.92 Å². The third-order valence-electron chi connectivity index (χ3n) is 4.90. The van der Waals surface area contributed by atoms with E-state index in [1.165, 1.54) is 38.5 Å². The number of aliphatic hydroxyl groups is 3. The molecule has 1 unspecified atom stereocenters. The van der Waals surface area contributed by atoms with Crippen LogP contribution in [0.2, 0.25) is 0 Å². The van der Waals surface area contributed by atoms with E-state index in [-0.39, 0.29) is 5.97 Å². The van der Waals surface area contributed by atoms with Gasteiger partial charge in [0.2, 0.25) is 0 Å². The van der Waals surface area contributed by atoms with Gasteiger partial charge in [0.05, 0.1) is 18.3 Å². The standard InChI is InChI=1S/C19H36O5/c1-2-3-4-5-6-7-8-9-10-15(20)16(21)11-12-17(22)18-13-14-19(23)24-18/h15-18,20-22H,2-14H2,1H3/t15?,16-,17-,18-/m1/s1. The van der Waals surface area contributed by atoms with Crippen molar-refractivity contribution < 1.29 is 24.9 Å². The maximum atomic E-state index is 11.0. The molecule has 142 valence electrons. The molecule has 0 spiro atoms. The van der Waals surface area contributed by atoms with Gasteiger partial charge in [0.15, 0.2) is 0 Å². The normalized spacial score (nSPS) is 21.5. The number of cyclic esters (lactones) is 1. The summed E-state index contributed by atoms with van der Waals surface area (Å²) < 4.78 is 5.01. The molecular weight excluding hydrogens is 308 g/mol. The van der Waals surface area contributed by atoms with Gasteiger partial charge in [-0.1, -0.05) is 58.3 Å². The molecule has 5 heteroatoms. The number of carbonyl (C=O) groups excluding carboxylic acids is 1. The topological polar surface area (TPSA) is 87.0 Å². The molecule has 1 saturated heterocycles. The van der Waals surface area contributed by atoms with Crippen LogP contribution >= 0.6 is 0 Å². The largest absolute Gasteiger partial charge is 0.460 e. The third kappa shape index (κ3) is 9.00. The van der Waals surface area contributed by atoms with Crippen molar-refractivity contribution in [3.63, 3.8) is 0 Å². The Kier molecular flexibility index (Phi) is 11.3. The molecule has 3 N–H and O–H groups in total. The maximum absolute atomic E-state index is 11.0. The fourth-order valence-electron chi connectivity index (χ4n) is 3.22. The molecule has 4 atom stereocenters. The quantitative estimate of drug-likeness (QED) is 0.333. The predicted octanol–water partition coefficient (Wildman–Crippen LogP) is 3.09. The molecule has 5 nitrogen and oxygen atoms in total. The first kappa shape index (κ1) is 21.4. The molecule has 0 aromatic rings. The summed E-state index contributed by atoms with van der Waals surface area (Å²) in [5.74, 6) is -0.269. The van der Waals surface area contributed by atoms with Crippen LogP contribution in [0.25, 0.3) is 0 Å². The lowest BCUT2D eigenvalue weighted by Gasteiger charge is -2.21. The van der Waals surface area contributed by atoms with Crippen molar-refractivity contribution in [3.8, 4) is 0 Å². The molecule has 1 heterocycles. The highest BCUT2D eigenvalue weighted by Crippen LogP contribution is 2.21. The number of carbonyl (C=O) groups is 1. The molecular formula is C19H36O5. The van der Waals surface area contributed by atoms with Crippen LogP contribution in [0, 0.1) is 0 Å². The highest BCUT2D eigenvalue weighted by atomic mass is 16.6. The molecule has 0 aromatic carbocycles. The lowest BCUT2D eigenvalue weighted by Crippen LogP contribution is -2.31. The highest BCUT2D eigenvalue weighted by Gasteiger charge is 2.30. The highest BCUT2D eigenvalue weighted by molar-refractivity contribution is 5.71. The summed E-state index contributed by atoms with van der Waals surface area (Å²) in [6.07, 6.45) is 9.07. The molecule has 0 radical (unpaired) electrons. The van der Waals surface area contributed by atoms with Gasteiger partial charge in [0, 0.05) is 6.42 Å². The Hall–Kier alpha value is -0.650. The van der Waals surface area contributed by atoms with E-state index < -0.39 is 24.4 Å². The first-order valence-electron chi connectivity index (χ1n) is 9.78. The van der Waals surface area contributed by atoms with Crippen molar-refractivity contribution in [2.75, 3.05) is 0 Å². The van der Waals surface area contributed by atoms with Gasteiger partial charge in [-0.3, -0.25) is 4.79 Å². The monoisotopic (exact) mass is 344 g/mol. The molecule has 1 aliphatic rings. The number of hydrogen-bond acceptors (Lipinski definition) is 5. The maximum Gasteiger partial charge on any atom is 0.306 e. The van der Waals surface area contributed by atoms with Gasteiger partial charge in [-0.05, 0) is 25.7 Å². The van der Waals surface area contributed by atoms with Gasteiger partial charge in [0.25, 0.3) is 0 Å². The predicted molar refractivity (Wildman–Crippen MR) is 93.6 cm³/mol. The summed E-state index contributed by atoms with van der Waals surface area (Å²) in [5, 5.41) is 29.9. The Morgan fingerprint density at radius 2 is 1.50 bits per heavy atom. The van der Waals surface area contributed by atoms with E-state index in [4.69, 9.17) is 4.74 Å². The summed E-state index contributed by atoms with van der Waals surface area (Å²) >= 11 is 0. The van der Waals surface area contributed by atoms with E-state index in [0.717, 1.165) is 12.8 Å². The summed E-state index contributed by atoms with van der Waals surface area (Å²) in [4.78, 5) is 11.0. The first-order chi connectivity index (χ1) is 11.5. The van der Waals surface area contributed by atoms with Crippen molar-refractivity contribution in [1.29, 1.82) is 0 Å². The van der Waals surface area contributed by atoms with Gasteiger partial charge in [-0.15, -0.1) is 0 Å². The van der Waals surface area contributed by atoms with Gasteiger partial charge in [-0.2, -0.15) is 0 Å². The Morgan fingerprint density at radius 3 is 2.08 bits per heavy atom. The molecule has 1 aliphatic heterocycles. The van der Waals surface area contributed by atoms with Gasteiger partial charge in [-0.25, -0.2) is 0 Å². The molecule has 0 saturated carbocycles. The van der Waals surface area contributed by atoms with E-state index in [9.17, 15) is 20.1 Å². The minimum atomic E-state index is -0.818. The Bertz CT molecular complexity index is 334. The molecule has 1 rings (SSSR count).